The summed E-state index contributed by atoms with van der Waals surface area (Å²) in [7, 11) is 0. The summed E-state index contributed by atoms with van der Waals surface area (Å²) >= 11 is 5.89. The van der Waals surface area contributed by atoms with Gasteiger partial charge in [0, 0.05) is 23.6 Å². The second kappa shape index (κ2) is 12.3. The van der Waals surface area contributed by atoms with Crippen molar-refractivity contribution in [3.05, 3.63) is 94.8 Å². The summed E-state index contributed by atoms with van der Waals surface area (Å²) in [5, 5.41) is 3.61. The fraction of sp³-hybridized carbons (Fsp3) is 0.355. The normalized spacial score (nSPS) is 11.6. The quantitative estimate of drug-likeness (QED) is 0.214. The first-order valence-electron chi connectivity index (χ1n) is 13.0. The van der Waals surface area contributed by atoms with Crippen LogP contribution in [0.4, 0.5) is 0 Å². The Bertz CT molecular complexity index is 1310. The van der Waals surface area contributed by atoms with Crippen molar-refractivity contribution in [1.82, 2.24) is 14.9 Å². The fourth-order valence-corrected chi connectivity index (χ4v) is 4.49. The summed E-state index contributed by atoms with van der Waals surface area (Å²) in [6, 6.07) is 23.6. The van der Waals surface area contributed by atoms with E-state index >= 15 is 0 Å². The fourth-order valence-electron chi connectivity index (χ4n) is 4.36. The predicted octanol–water partition coefficient (Wildman–Crippen LogP) is 7.21. The number of para-hydroxylation sites is 2. The molecule has 194 valence electrons. The molecular weight excluding hydrogens is 482 g/mol. The van der Waals surface area contributed by atoms with Gasteiger partial charge in [0.2, 0.25) is 0 Å². The van der Waals surface area contributed by atoms with E-state index in [-0.39, 0.29) is 11.3 Å². The number of hydrogen-bond donors (Lipinski definition) is 1. The maximum absolute atomic E-state index is 12.2. The van der Waals surface area contributed by atoms with E-state index in [4.69, 9.17) is 21.3 Å². The topological polar surface area (TPSA) is 56.1 Å². The molecule has 0 saturated carbocycles. The molecule has 1 N–H and O–H groups in total. The van der Waals surface area contributed by atoms with E-state index in [0.29, 0.717) is 23.7 Å². The minimum atomic E-state index is -0.0634. The molecule has 4 rings (SSSR count). The van der Waals surface area contributed by atoms with Crippen molar-refractivity contribution in [2.45, 2.75) is 58.4 Å². The molecule has 3 aromatic carbocycles. The largest absolute Gasteiger partial charge is 0.492 e. The highest BCUT2D eigenvalue weighted by Crippen LogP contribution is 2.24. The number of carbonyl (C=O) groups is 1. The van der Waals surface area contributed by atoms with Crippen LogP contribution in [0.15, 0.2) is 72.8 Å². The molecule has 0 bridgehead atoms. The molecule has 0 unspecified atom stereocenters. The molecule has 5 nitrogen and oxygen atoms in total. The third-order valence-corrected chi connectivity index (χ3v) is 6.76. The average molecular weight is 518 g/mol. The smallest absolute Gasteiger partial charge is 0.251 e. The second-order valence-corrected chi connectivity index (χ2v) is 10.8. The van der Waals surface area contributed by atoms with Crippen molar-refractivity contribution in [3.63, 3.8) is 0 Å². The maximum Gasteiger partial charge on any atom is 0.251 e. The lowest BCUT2D eigenvalue weighted by atomic mass is 9.87. The highest BCUT2D eigenvalue weighted by Gasteiger charge is 2.14. The number of nitrogens with zero attached hydrogens (tertiary/aromatic N) is 2. The van der Waals surface area contributed by atoms with Crippen molar-refractivity contribution >= 4 is 28.5 Å². The average Bonchev–Trinajstić information content (AvgIpc) is 3.23. The number of ether oxygens (including phenoxy) is 1. The molecule has 0 radical (unpaired) electrons. The van der Waals surface area contributed by atoms with Gasteiger partial charge in [-0.3, -0.25) is 4.79 Å². The molecule has 1 aromatic heterocycles. The van der Waals surface area contributed by atoms with Crippen LogP contribution in [-0.4, -0.2) is 28.6 Å². The second-order valence-electron chi connectivity index (χ2n) is 10.4. The van der Waals surface area contributed by atoms with Crippen molar-refractivity contribution < 1.29 is 9.53 Å². The number of benzene rings is 3. The van der Waals surface area contributed by atoms with Gasteiger partial charge in [-0.25, -0.2) is 4.98 Å². The molecule has 0 fully saturated rings. The van der Waals surface area contributed by atoms with Crippen LogP contribution in [0.3, 0.4) is 0 Å². The number of imidazole rings is 1. The molecular formula is C31H36ClN3O2. The minimum Gasteiger partial charge on any atom is -0.492 e. The van der Waals surface area contributed by atoms with Crippen LogP contribution in [0.1, 0.15) is 61.8 Å². The van der Waals surface area contributed by atoms with Crippen LogP contribution in [0, 0.1) is 0 Å². The molecule has 4 aromatic rings. The van der Waals surface area contributed by atoms with Gasteiger partial charge in [-0.2, -0.15) is 0 Å². The van der Waals surface area contributed by atoms with E-state index in [1.54, 1.807) is 24.3 Å². The first kappa shape index (κ1) is 26.7. The third kappa shape index (κ3) is 7.36. The Kier molecular flexibility index (Phi) is 8.88. The lowest BCUT2D eigenvalue weighted by Crippen LogP contribution is -2.24. The summed E-state index contributed by atoms with van der Waals surface area (Å²) in [4.78, 5) is 17.1. The Balaban J connectivity index is 1.27. The molecule has 0 aliphatic heterocycles. The van der Waals surface area contributed by atoms with Crippen molar-refractivity contribution in [3.8, 4) is 5.75 Å². The zero-order valence-electron chi connectivity index (χ0n) is 22.0. The lowest BCUT2D eigenvalue weighted by molar-refractivity contribution is 0.0953. The number of nitrogens with one attached hydrogen (secondary N) is 1. The van der Waals surface area contributed by atoms with Gasteiger partial charge in [0.1, 0.15) is 18.2 Å². The van der Waals surface area contributed by atoms with Gasteiger partial charge in [-0.1, -0.05) is 63.1 Å². The van der Waals surface area contributed by atoms with Crippen LogP contribution >= 0.6 is 11.6 Å². The Morgan fingerprint density at radius 2 is 1.68 bits per heavy atom. The van der Waals surface area contributed by atoms with Gasteiger partial charge in [0.25, 0.3) is 5.91 Å². The third-order valence-electron chi connectivity index (χ3n) is 6.51. The zero-order valence-corrected chi connectivity index (χ0v) is 22.7. The van der Waals surface area contributed by atoms with Gasteiger partial charge in [-0.15, -0.1) is 0 Å². The molecule has 0 aliphatic carbocycles. The summed E-state index contributed by atoms with van der Waals surface area (Å²) in [6.45, 7) is 8.62. The van der Waals surface area contributed by atoms with Crippen LogP contribution in [0.5, 0.6) is 5.75 Å². The van der Waals surface area contributed by atoms with E-state index < -0.39 is 0 Å². The number of rotatable bonds is 11. The number of hydrogen-bond acceptors (Lipinski definition) is 3. The number of fused-ring (bicyclic) bond motifs is 1. The predicted molar refractivity (Wildman–Crippen MR) is 152 cm³/mol. The monoisotopic (exact) mass is 517 g/mol. The van der Waals surface area contributed by atoms with Crippen LogP contribution in [-0.2, 0) is 18.4 Å². The molecule has 37 heavy (non-hydrogen) atoms. The molecule has 0 saturated heterocycles. The number of carbonyl (C=O) groups excluding carboxylic acids is 1. The van der Waals surface area contributed by atoms with Gasteiger partial charge in [0.15, 0.2) is 0 Å². The summed E-state index contributed by atoms with van der Waals surface area (Å²) in [6.07, 6.45) is 3.84. The first-order valence-corrected chi connectivity index (χ1v) is 13.4. The minimum absolute atomic E-state index is 0.0634. The number of amides is 1. The van der Waals surface area contributed by atoms with E-state index in [9.17, 15) is 4.79 Å². The summed E-state index contributed by atoms with van der Waals surface area (Å²) < 4.78 is 8.36. The highest BCUT2D eigenvalue weighted by atomic mass is 35.5. The zero-order chi connectivity index (χ0) is 26.3. The Hall–Kier alpha value is -3.31. The SMILES string of the molecule is CC(C)(C)c1ccc(OCCn2c(CCCCCNC(=O)c3ccc(Cl)cc3)nc3ccccc32)cc1. The molecule has 0 aliphatic rings. The molecule has 1 amide bonds. The van der Waals surface area contributed by atoms with E-state index in [2.05, 4.69) is 73.1 Å². The number of halogens is 1. The standard InChI is InChI=1S/C31H36ClN3O2/c1-31(2,3)24-14-18-26(19-15-24)37-22-21-35-28-10-7-6-9-27(28)34-29(35)11-5-4-8-20-33-30(36)23-12-16-25(32)17-13-23/h6-7,9-10,12-19H,4-5,8,11,20-22H2,1-3H3,(H,33,36). The maximum atomic E-state index is 12.2. The van der Waals surface area contributed by atoms with Gasteiger partial charge < -0.3 is 14.6 Å². The van der Waals surface area contributed by atoms with Crippen LogP contribution < -0.4 is 10.1 Å². The molecule has 0 atom stereocenters. The number of unbranched alkanes of at least 4 members (excludes halogenated alkanes) is 2. The van der Waals surface area contributed by atoms with Crippen molar-refractivity contribution in [2.75, 3.05) is 13.2 Å². The molecule has 0 spiro atoms. The van der Waals surface area contributed by atoms with Gasteiger partial charge in [-0.05, 0) is 72.4 Å². The number of aryl methyl sites for hydroxylation is 1. The Labute approximate surface area is 224 Å². The van der Waals surface area contributed by atoms with E-state index in [1.165, 1.54) is 5.56 Å². The first-order chi connectivity index (χ1) is 17.8. The Morgan fingerprint density at radius 1 is 0.946 bits per heavy atom. The van der Waals surface area contributed by atoms with Crippen LogP contribution in [0.25, 0.3) is 11.0 Å². The summed E-state index contributed by atoms with van der Waals surface area (Å²) in [5.74, 6) is 1.91. The summed E-state index contributed by atoms with van der Waals surface area (Å²) in [5.41, 5.74) is 4.21. The lowest BCUT2D eigenvalue weighted by Gasteiger charge is -2.19. The highest BCUT2D eigenvalue weighted by molar-refractivity contribution is 6.30. The van der Waals surface area contributed by atoms with Gasteiger partial charge in [0.05, 0.1) is 17.6 Å². The van der Waals surface area contributed by atoms with Crippen LogP contribution in [0.2, 0.25) is 5.02 Å². The van der Waals surface area contributed by atoms with E-state index in [1.807, 2.05) is 6.07 Å². The van der Waals surface area contributed by atoms with E-state index in [0.717, 1.165) is 54.8 Å². The molecule has 6 heteroatoms. The van der Waals surface area contributed by atoms with Crippen molar-refractivity contribution in [2.24, 2.45) is 0 Å². The van der Waals surface area contributed by atoms with Crippen molar-refractivity contribution in [1.29, 1.82) is 0 Å². The Morgan fingerprint density at radius 3 is 2.41 bits per heavy atom. The number of aromatic nitrogens is 2. The molecule has 1 heterocycles. The van der Waals surface area contributed by atoms with Gasteiger partial charge >= 0.3 is 0 Å².